The summed E-state index contributed by atoms with van der Waals surface area (Å²) in [4.78, 5) is 8.10. The van der Waals surface area contributed by atoms with Gasteiger partial charge in [0.1, 0.15) is 5.75 Å². The number of hydrogen-bond acceptors (Lipinski definition) is 4. The van der Waals surface area contributed by atoms with Gasteiger partial charge in [-0.2, -0.15) is 0 Å². The fraction of sp³-hybridized carbons (Fsp3) is 0.0769. The molecular formula is C13H12BrN3O. The number of ether oxygens (including phenoxy) is 1. The highest BCUT2D eigenvalue weighted by Gasteiger charge is 2.01. The van der Waals surface area contributed by atoms with Gasteiger partial charge < -0.3 is 10.1 Å². The lowest BCUT2D eigenvalue weighted by molar-refractivity contribution is 0.441. The number of nitrogens with one attached hydrogen (secondary N) is 1. The summed E-state index contributed by atoms with van der Waals surface area (Å²) < 4.78 is 6.36. The van der Waals surface area contributed by atoms with Crippen molar-refractivity contribution in [2.75, 3.05) is 11.9 Å². The lowest BCUT2D eigenvalue weighted by atomic mass is 10.3. The van der Waals surface area contributed by atoms with Gasteiger partial charge in [-0.05, 0) is 28.1 Å². The van der Waals surface area contributed by atoms with Crippen LogP contribution in [0.15, 0.2) is 53.8 Å². The normalized spacial score (nSPS) is 9.83. The number of nitrogens with zero attached hydrogens (tertiary/aromatic N) is 2. The second-order valence-corrected chi connectivity index (χ2v) is 4.40. The third-order valence-corrected chi connectivity index (χ3v) is 2.50. The van der Waals surface area contributed by atoms with Crippen LogP contribution < -0.4 is 10.1 Å². The summed E-state index contributed by atoms with van der Waals surface area (Å²) in [5.41, 5.74) is 0.963. The maximum absolute atomic E-state index is 5.55. The molecule has 0 amide bonds. The SMILES string of the molecule is C=CCNc1cccc(Oc2ncc(Br)cn2)c1. The molecule has 2 aromatic rings. The van der Waals surface area contributed by atoms with Crippen LogP contribution in [0.3, 0.4) is 0 Å². The van der Waals surface area contributed by atoms with E-state index < -0.39 is 0 Å². The largest absolute Gasteiger partial charge is 0.424 e. The van der Waals surface area contributed by atoms with E-state index in [-0.39, 0.29) is 0 Å². The van der Waals surface area contributed by atoms with Crippen LogP contribution >= 0.6 is 15.9 Å². The van der Waals surface area contributed by atoms with E-state index in [1.807, 2.05) is 24.3 Å². The average molecular weight is 306 g/mol. The molecule has 0 aliphatic heterocycles. The fourth-order valence-corrected chi connectivity index (χ4v) is 1.52. The van der Waals surface area contributed by atoms with Gasteiger partial charge in [0.25, 0.3) is 0 Å². The van der Waals surface area contributed by atoms with Crippen molar-refractivity contribution in [3.05, 3.63) is 53.8 Å². The summed E-state index contributed by atoms with van der Waals surface area (Å²) in [7, 11) is 0. The zero-order chi connectivity index (χ0) is 12.8. The summed E-state index contributed by atoms with van der Waals surface area (Å²) >= 11 is 3.27. The summed E-state index contributed by atoms with van der Waals surface area (Å²) in [6.45, 7) is 4.36. The molecule has 0 spiro atoms. The van der Waals surface area contributed by atoms with Crippen LogP contribution in [0.1, 0.15) is 0 Å². The molecule has 2 rings (SSSR count). The van der Waals surface area contributed by atoms with E-state index in [1.54, 1.807) is 18.5 Å². The maximum atomic E-state index is 5.55. The molecule has 5 heteroatoms. The van der Waals surface area contributed by atoms with E-state index in [0.29, 0.717) is 18.3 Å². The van der Waals surface area contributed by atoms with Crippen molar-refractivity contribution in [1.29, 1.82) is 0 Å². The molecular weight excluding hydrogens is 294 g/mol. The third-order valence-electron chi connectivity index (χ3n) is 2.09. The Morgan fingerprint density at radius 2 is 2.11 bits per heavy atom. The minimum atomic E-state index is 0.319. The van der Waals surface area contributed by atoms with E-state index in [4.69, 9.17) is 4.74 Å². The van der Waals surface area contributed by atoms with Crippen molar-refractivity contribution in [2.24, 2.45) is 0 Å². The zero-order valence-corrected chi connectivity index (χ0v) is 11.2. The summed E-state index contributed by atoms with van der Waals surface area (Å²) in [5, 5.41) is 3.18. The summed E-state index contributed by atoms with van der Waals surface area (Å²) in [6, 6.07) is 7.91. The second-order valence-electron chi connectivity index (χ2n) is 3.48. The van der Waals surface area contributed by atoms with Crippen LogP contribution in [0.2, 0.25) is 0 Å². The molecule has 0 unspecified atom stereocenters. The van der Waals surface area contributed by atoms with E-state index in [1.165, 1.54) is 0 Å². The molecule has 4 nitrogen and oxygen atoms in total. The molecule has 1 N–H and O–H groups in total. The van der Waals surface area contributed by atoms with Gasteiger partial charge in [0, 0.05) is 30.7 Å². The van der Waals surface area contributed by atoms with Crippen molar-refractivity contribution in [1.82, 2.24) is 9.97 Å². The molecule has 0 atom stereocenters. The fourth-order valence-electron chi connectivity index (χ4n) is 1.32. The summed E-state index contributed by atoms with van der Waals surface area (Å²) in [6.07, 6.45) is 5.08. The molecule has 0 bridgehead atoms. The first-order valence-corrected chi connectivity index (χ1v) is 6.17. The monoisotopic (exact) mass is 305 g/mol. The van der Waals surface area contributed by atoms with Crippen LogP contribution in [0.4, 0.5) is 5.69 Å². The number of halogens is 1. The van der Waals surface area contributed by atoms with Gasteiger partial charge in [-0.25, -0.2) is 9.97 Å². The Labute approximate surface area is 114 Å². The number of anilines is 1. The summed E-state index contributed by atoms with van der Waals surface area (Å²) in [5.74, 6) is 0.686. The highest BCUT2D eigenvalue weighted by atomic mass is 79.9. The molecule has 1 heterocycles. The molecule has 0 aliphatic carbocycles. The van der Waals surface area contributed by atoms with Crippen molar-refractivity contribution in [3.63, 3.8) is 0 Å². The van der Waals surface area contributed by atoms with E-state index in [2.05, 4.69) is 37.8 Å². The van der Waals surface area contributed by atoms with Gasteiger partial charge in [0.15, 0.2) is 0 Å². The highest BCUT2D eigenvalue weighted by Crippen LogP contribution is 2.21. The van der Waals surface area contributed by atoms with Crippen LogP contribution in [-0.2, 0) is 0 Å². The lowest BCUT2D eigenvalue weighted by Crippen LogP contribution is -1.98. The predicted molar refractivity (Wildman–Crippen MR) is 74.9 cm³/mol. The Balaban J connectivity index is 2.08. The molecule has 1 aromatic heterocycles. The third kappa shape index (κ3) is 3.56. The van der Waals surface area contributed by atoms with Crippen LogP contribution in [0.5, 0.6) is 11.8 Å². The highest BCUT2D eigenvalue weighted by molar-refractivity contribution is 9.10. The predicted octanol–water partition coefficient (Wildman–Crippen LogP) is 3.63. The molecule has 92 valence electrons. The standard InChI is InChI=1S/C13H12BrN3O/c1-2-6-15-11-4-3-5-12(7-11)18-13-16-8-10(14)9-17-13/h2-5,7-9,15H,1,6H2. The molecule has 0 radical (unpaired) electrons. The van der Waals surface area contributed by atoms with Crippen molar-refractivity contribution >= 4 is 21.6 Å². The number of benzene rings is 1. The van der Waals surface area contributed by atoms with Crippen LogP contribution in [0.25, 0.3) is 0 Å². The lowest BCUT2D eigenvalue weighted by Gasteiger charge is -2.07. The number of aromatic nitrogens is 2. The van der Waals surface area contributed by atoms with Gasteiger partial charge in [-0.3, -0.25) is 0 Å². The molecule has 0 saturated carbocycles. The Hall–Kier alpha value is -1.88. The van der Waals surface area contributed by atoms with Crippen molar-refractivity contribution in [3.8, 4) is 11.8 Å². The minimum Gasteiger partial charge on any atom is -0.424 e. The molecule has 0 fully saturated rings. The van der Waals surface area contributed by atoms with E-state index >= 15 is 0 Å². The number of rotatable bonds is 5. The Bertz CT molecular complexity index is 528. The Morgan fingerprint density at radius 1 is 1.33 bits per heavy atom. The molecule has 18 heavy (non-hydrogen) atoms. The van der Waals surface area contributed by atoms with Gasteiger partial charge in [0.05, 0.1) is 4.47 Å². The topological polar surface area (TPSA) is 47.0 Å². The van der Waals surface area contributed by atoms with Gasteiger partial charge in [-0.15, -0.1) is 6.58 Å². The first kappa shape index (κ1) is 12.6. The van der Waals surface area contributed by atoms with Gasteiger partial charge in [-0.1, -0.05) is 12.1 Å². The second kappa shape index (κ2) is 6.16. The van der Waals surface area contributed by atoms with Crippen LogP contribution in [-0.4, -0.2) is 16.5 Å². The molecule has 1 aromatic carbocycles. The average Bonchev–Trinajstić information content (AvgIpc) is 2.40. The first-order chi connectivity index (χ1) is 8.78. The zero-order valence-electron chi connectivity index (χ0n) is 9.64. The number of hydrogen-bond donors (Lipinski definition) is 1. The van der Waals surface area contributed by atoms with Crippen molar-refractivity contribution in [2.45, 2.75) is 0 Å². The quantitative estimate of drug-likeness (QED) is 0.857. The molecule has 0 saturated heterocycles. The first-order valence-electron chi connectivity index (χ1n) is 5.38. The van der Waals surface area contributed by atoms with E-state index in [0.717, 1.165) is 10.2 Å². The smallest absolute Gasteiger partial charge is 0.321 e. The molecule has 0 aliphatic rings. The Kier molecular flexibility index (Phi) is 4.30. The van der Waals surface area contributed by atoms with Gasteiger partial charge >= 0.3 is 6.01 Å². The minimum absolute atomic E-state index is 0.319. The maximum Gasteiger partial charge on any atom is 0.321 e. The van der Waals surface area contributed by atoms with E-state index in [9.17, 15) is 0 Å². The van der Waals surface area contributed by atoms with Gasteiger partial charge in [0.2, 0.25) is 0 Å². The van der Waals surface area contributed by atoms with Crippen LogP contribution in [0, 0.1) is 0 Å². The Morgan fingerprint density at radius 3 is 2.83 bits per heavy atom. The van der Waals surface area contributed by atoms with Crippen molar-refractivity contribution < 1.29 is 4.74 Å².